The summed E-state index contributed by atoms with van der Waals surface area (Å²) in [6.45, 7) is 4.67. The van der Waals surface area contributed by atoms with Gasteiger partial charge in [-0.15, -0.1) is 0 Å². The number of carbonyl (C=O) groups excluding carboxylic acids is 1. The number of rotatable bonds is 3. The average Bonchev–Trinajstić information content (AvgIpc) is 3.01. The minimum absolute atomic E-state index is 0.0880. The molecular formula is C16H19N3O3. The monoisotopic (exact) mass is 301 g/mol. The highest BCUT2D eigenvalue weighted by atomic mass is 16.5. The van der Waals surface area contributed by atoms with Crippen molar-refractivity contribution in [1.29, 1.82) is 0 Å². The minimum Gasteiger partial charge on any atom is -0.497 e. The lowest BCUT2D eigenvalue weighted by molar-refractivity contribution is 0.0713. The van der Waals surface area contributed by atoms with Crippen LogP contribution in [0.2, 0.25) is 0 Å². The van der Waals surface area contributed by atoms with Gasteiger partial charge >= 0.3 is 0 Å². The van der Waals surface area contributed by atoms with Crippen LogP contribution in [0.5, 0.6) is 5.75 Å². The number of nitrogens with zero attached hydrogens (tertiary/aromatic N) is 3. The highest BCUT2D eigenvalue weighted by molar-refractivity contribution is 5.91. The maximum absolute atomic E-state index is 12.3. The zero-order chi connectivity index (χ0) is 15.5. The second kappa shape index (κ2) is 6.09. The molecule has 2 aromatic rings. The van der Waals surface area contributed by atoms with E-state index in [4.69, 9.17) is 9.15 Å². The van der Waals surface area contributed by atoms with E-state index in [1.165, 1.54) is 6.20 Å². The number of aromatic nitrogens is 1. The smallest absolute Gasteiger partial charge is 0.291 e. The molecule has 1 fully saturated rings. The van der Waals surface area contributed by atoms with Crippen LogP contribution in [-0.4, -0.2) is 49.1 Å². The standard InChI is InChI=1S/C16H19N3O3/c1-12-17-11-15(22-12)16(20)19-9-7-18(8-10-19)13-3-5-14(21-2)6-4-13/h3-6,11H,7-10H2,1-2H3. The van der Waals surface area contributed by atoms with Gasteiger partial charge < -0.3 is 19.0 Å². The number of carbonyl (C=O) groups is 1. The van der Waals surface area contributed by atoms with Gasteiger partial charge in [-0.2, -0.15) is 0 Å². The van der Waals surface area contributed by atoms with Crippen molar-refractivity contribution in [3.05, 3.63) is 42.1 Å². The van der Waals surface area contributed by atoms with Crippen LogP contribution in [0, 0.1) is 6.92 Å². The van der Waals surface area contributed by atoms with Gasteiger partial charge in [0.15, 0.2) is 5.89 Å². The SMILES string of the molecule is COc1ccc(N2CCN(C(=O)c3cnc(C)o3)CC2)cc1. The molecule has 1 aromatic carbocycles. The Morgan fingerprint density at radius 3 is 2.41 bits per heavy atom. The van der Waals surface area contributed by atoms with Crippen molar-refractivity contribution in [3.8, 4) is 5.75 Å². The average molecular weight is 301 g/mol. The number of hydrogen-bond donors (Lipinski definition) is 0. The summed E-state index contributed by atoms with van der Waals surface area (Å²) in [6, 6.07) is 7.97. The molecule has 0 atom stereocenters. The van der Waals surface area contributed by atoms with Gasteiger partial charge in [0.2, 0.25) is 5.76 Å². The largest absolute Gasteiger partial charge is 0.497 e. The number of amides is 1. The molecule has 22 heavy (non-hydrogen) atoms. The first-order chi connectivity index (χ1) is 10.7. The van der Waals surface area contributed by atoms with Crippen molar-refractivity contribution >= 4 is 11.6 Å². The number of benzene rings is 1. The van der Waals surface area contributed by atoms with Crippen molar-refractivity contribution in [2.24, 2.45) is 0 Å². The van der Waals surface area contributed by atoms with Gasteiger partial charge in [0.1, 0.15) is 5.75 Å². The summed E-state index contributed by atoms with van der Waals surface area (Å²) >= 11 is 0. The van der Waals surface area contributed by atoms with Gasteiger partial charge in [0.25, 0.3) is 5.91 Å². The Morgan fingerprint density at radius 1 is 1.18 bits per heavy atom. The van der Waals surface area contributed by atoms with E-state index >= 15 is 0 Å². The fraction of sp³-hybridized carbons (Fsp3) is 0.375. The lowest BCUT2D eigenvalue weighted by Crippen LogP contribution is -2.48. The molecule has 2 heterocycles. The normalized spacial score (nSPS) is 15.0. The molecule has 1 amide bonds. The predicted molar refractivity (Wildman–Crippen MR) is 82.4 cm³/mol. The second-order valence-corrected chi connectivity index (χ2v) is 5.22. The maximum atomic E-state index is 12.3. The van der Waals surface area contributed by atoms with E-state index in [1.54, 1.807) is 18.9 Å². The summed E-state index contributed by atoms with van der Waals surface area (Å²) < 4.78 is 10.5. The first kappa shape index (κ1) is 14.4. The Hall–Kier alpha value is -2.50. The molecule has 6 nitrogen and oxygen atoms in total. The van der Waals surface area contributed by atoms with E-state index in [9.17, 15) is 4.79 Å². The summed E-state index contributed by atoms with van der Waals surface area (Å²) in [5.41, 5.74) is 1.14. The van der Waals surface area contributed by atoms with Gasteiger partial charge in [0, 0.05) is 38.8 Å². The van der Waals surface area contributed by atoms with Gasteiger partial charge in [-0.3, -0.25) is 4.79 Å². The number of hydrogen-bond acceptors (Lipinski definition) is 5. The molecule has 0 bridgehead atoms. The summed E-state index contributed by atoms with van der Waals surface area (Å²) in [6.07, 6.45) is 1.49. The van der Waals surface area contributed by atoms with Crippen molar-refractivity contribution in [2.75, 3.05) is 38.2 Å². The van der Waals surface area contributed by atoms with Crippen molar-refractivity contribution in [2.45, 2.75) is 6.92 Å². The van der Waals surface area contributed by atoms with Crippen LogP contribution in [0.25, 0.3) is 0 Å². The Bertz CT molecular complexity index is 643. The Balaban J connectivity index is 1.61. The van der Waals surface area contributed by atoms with Crippen molar-refractivity contribution < 1.29 is 13.9 Å². The lowest BCUT2D eigenvalue weighted by atomic mass is 10.2. The molecule has 0 spiro atoms. The fourth-order valence-corrected chi connectivity index (χ4v) is 2.58. The van der Waals surface area contributed by atoms with Crippen LogP contribution in [0.15, 0.2) is 34.9 Å². The summed E-state index contributed by atoms with van der Waals surface area (Å²) in [7, 11) is 1.66. The number of anilines is 1. The number of ether oxygens (including phenoxy) is 1. The van der Waals surface area contributed by atoms with Gasteiger partial charge in [0.05, 0.1) is 13.3 Å². The quantitative estimate of drug-likeness (QED) is 0.867. The van der Waals surface area contributed by atoms with Crippen LogP contribution in [0.4, 0.5) is 5.69 Å². The minimum atomic E-state index is -0.0880. The molecule has 1 aliphatic heterocycles. The van der Waals surface area contributed by atoms with E-state index in [0.717, 1.165) is 24.5 Å². The van der Waals surface area contributed by atoms with Gasteiger partial charge in [-0.25, -0.2) is 4.98 Å². The Labute approximate surface area is 129 Å². The topological polar surface area (TPSA) is 58.8 Å². The summed E-state index contributed by atoms with van der Waals surface area (Å²) in [5.74, 6) is 1.59. The number of aryl methyl sites for hydroxylation is 1. The van der Waals surface area contributed by atoms with Crippen LogP contribution in [-0.2, 0) is 0 Å². The van der Waals surface area contributed by atoms with Gasteiger partial charge in [-0.1, -0.05) is 0 Å². The second-order valence-electron chi connectivity index (χ2n) is 5.22. The van der Waals surface area contributed by atoms with E-state index < -0.39 is 0 Å². The molecule has 0 unspecified atom stereocenters. The number of oxazole rings is 1. The number of piperazine rings is 1. The molecule has 116 valence electrons. The highest BCUT2D eigenvalue weighted by Crippen LogP contribution is 2.21. The molecule has 6 heteroatoms. The molecule has 3 rings (SSSR count). The highest BCUT2D eigenvalue weighted by Gasteiger charge is 2.24. The first-order valence-corrected chi connectivity index (χ1v) is 7.28. The van der Waals surface area contributed by atoms with E-state index in [0.29, 0.717) is 24.7 Å². The summed E-state index contributed by atoms with van der Waals surface area (Å²) in [4.78, 5) is 20.3. The third-order valence-electron chi connectivity index (χ3n) is 3.84. The maximum Gasteiger partial charge on any atom is 0.291 e. The van der Waals surface area contributed by atoms with E-state index in [2.05, 4.69) is 9.88 Å². The third-order valence-corrected chi connectivity index (χ3v) is 3.84. The van der Waals surface area contributed by atoms with Crippen LogP contribution >= 0.6 is 0 Å². The Kier molecular flexibility index (Phi) is 4.00. The Morgan fingerprint density at radius 2 is 1.86 bits per heavy atom. The van der Waals surface area contributed by atoms with Crippen LogP contribution < -0.4 is 9.64 Å². The van der Waals surface area contributed by atoms with Crippen molar-refractivity contribution in [3.63, 3.8) is 0 Å². The first-order valence-electron chi connectivity index (χ1n) is 7.28. The summed E-state index contributed by atoms with van der Waals surface area (Å²) in [5, 5.41) is 0. The molecule has 1 aliphatic rings. The predicted octanol–water partition coefficient (Wildman–Crippen LogP) is 1.95. The molecule has 0 N–H and O–H groups in total. The molecule has 0 radical (unpaired) electrons. The van der Waals surface area contributed by atoms with Crippen LogP contribution in [0.3, 0.4) is 0 Å². The molecular weight excluding hydrogens is 282 g/mol. The van der Waals surface area contributed by atoms with E-state index in [-0.39, 0.29) is 5.91 Å². The fourth-order valence-electron chi connectivity index (χ4n) is 2.58. The zero-order valence-corrected chi connectivity index (χ0v) is 12.8. The molecule has 0 aliphatic carbocycles. The lowest BCUT2D eigenvalue weighted by Gasteiger charge is -2.35. The van der Waals surface area contributed by atoms with Gasteiger partial charge in [-0.05, 0) is 24.3 Å². The number of methoxy groups -OCH3 is 1. The molecule has 0 saturated carbocycles. The third kappa shape index (κ3) is 2.90. The van der Waals surface area contributed by atoms with E-state index in [1.807, 2.05) is 24.3 Å². The van der Waals surface area contributed by atoms with Crippen LogP contribution in [0.1, 0.15) is 16.4 Å². The van der Waals surface area contributed by atoms with Crippen molar-refractivity contribution in [1.82, 2.24) is 9.88 Å². The molecule has 1 saturated heterocycles. The zero-order valence-electron chi connectivity index (χ0n) is 12.8. The molecule has 1 aromatic heterocycles.